The van der Waals surface area contributed by atoms with Crippen LogP contribution in [0.15, 0.2) is 0 Å². The number of aromatic nitrogens is 1. The summed E-state index contributed by atoms with van der Waals surface area (Å²) in [6, 6.07) is 0. The van der Waals surface area contributed by atoms with Gasteiger partial charge in [-0.1, -0.05) is 32.6 Å². The Morgan fingerprint density at radius 1 is 1.20 bits per heavy atom. The van der Waals surface area contributed by atoms with Gasteiger partial charge < -0.3 is 5.32 Å². The van der Waals surface area contributed by atoms with E-state index in [9.17, 15) is 0 Å². The monoisotopic (exact) mass is 294 g/mol. The number of hydrogen-bond donors (Lipinski definition) is 1. The number of thiazole rings is 1. The summed E-state index contributed by atoms with van der Waals surface area (Å²) in [5.74, 6) is 0.743. The van der Waals surface area contributed by atoms with Gasteiger partial charge >= 0.3 is 0 Å². The highest BCUT2D eigenvalue weighted by molar-refractivity contribution is 7.11. The van der Waals surface area contributed by atoms with Crippen LogP contribution in [0, 0.1) is 0 Å². The molecule has 2 rings (SSSR count). The fraction of sp³-hybridized carbons (Fsp3) is 0.824. The summed E-state index contributed by atoms with van der Waals surface area (Å²) in [4.78, 5) is 6.48. The first-order valence-corrected chi connectivity index (χ1v) is 9.04. The van der Waals surface area contributed by atoms with Crippen molar-refractivity contribution in [3.8, 4) is 0 Å². The van der Waals surface area contributed by atoms with Gasteiger partial charge in [0.25, 0.3) is 0 Å². The molecule has 3 heteroatoms. The molecule has 1 aromatic heterocycles. The Hall–Kier alpha value is -0.410. The van der Waals surface area contributed by atoms with Gasteiger partial charge in [0.15, 0.2) is 0 Å². The normalized spacial score (nSPS) is 17.6. The molecule has 1 fully saturated rings. The van der Waals surface area contributed by atoms with Crippen molar-refractivity contribution in [2.45, 2.75) is 90.6 Å². The summed E-state index contributed by atoms with van der Waals surface area (Å²) in [6.45, 7) is 9.92. The Morgan fingerprint density at radius 2 is 1.90 bits per heavy atom. The van der Waals surface area contributed by atoms with Crippen LogP contribution >= 0.6 is 11.3 Å². The molecule has 0 atom stereocenters. The highest BCUT2D eigenvalue weighted by Gasteiger charge is 2.21. The third kappa shape index (κ3) is 4.56. The predicted octanol–water partition coefficient (Wildman–Crippen LogP) is 5.03. The third-order valence-corrected chi connectivity index (χ3v) is 5.28. The molecule has 0 spiro atoms. The molecule has 1 aromatic rings. The predicted molar refractivity (Wildman–Crippen MR) is 88.5 cm³/mol. The van der Waals surface area contributed by atoms with E-state index < -0.39 is 0 Å². The van der Waals surface area contributed by atoms with Crippen LogP contribution in [0.25, 0.3) is 0 Å². The van der Waals surface area contributed by atoms with Gasteiger partial charge in [-0.2, -0.15) is 0 Å². The van der Waals surface area contributed by atoms with Crippen molar-refractivity contribution < 1.29 is 0 Å². The molecular weight excluding hydrogens is 264 g/mol. The molecule has 0 unspecified atom stereocenters. The molecule has 1 aliphatic carbocycles. The number of nitrogens with zero attached hydrogens (tertiary/aromatic N) is 1. The highest BCUT2D eigenvalue weighted by Crippen LogP contribution is 2.36. The molecule has 1 N–H and O–H groups in total. The Labute approximate surface area is 128 Å². The van der Waals surface area contributed by atoms with Crippen LogP contribution in [-0.2, 0) is 13.0 Å². The molecule has 0 radical (unpaired) electrons. The summed E-state index contributed by atoms with van der Waals surface area (Å²) in [7, 11) is 0. The Balaban J connectivity index is 2.10. The first kappa shape index (κ1) is 16.0. The first-order chi connectivity index (χ1) is 9.49. The van der Waals surface area contributed by atoms with E-state index in [0.717, 1.165) is 18.9 Å². The van der Waals surface area contributed by atoms with Crippen molar-refractivity contribution in [3.63, 3.8) is 0 Å². The minimum atomic E-state index is 0.179. The van der Waals surface area contributed by atoms with Crippen molar-refractivity contribution in [2.24, 2.45) is 0 Å². The van der Waals surface area contributed by atoms with Crippen LogP contribution < -0.4 is 5.32 Å². The highest BCUT2D eigenvalue weighted by atomic mass is 32.1. The lowest BCUT2D eigenvalue weighted by Gasteiger charge is -2.20. The van der Waals surface area contributed by atoms with Gasteiger partial charge in [0.1, 0.15) is 0 Å². The second-order valence-corrected chi connectivity index (χ2v) is 8.23. The lowest BCUT2D eigenvalue weighted by atomic mass is 9.90. The number of aryl methyl sites for hydroxylation is 1. The molecule has 0 aromatic carbocycles. The second-order valence-electron chi connectivity index (χ2n) is 7.11. The van der Waals surface area contributed by atoms with Gasteiger partial charge in [-0.25, -0.2) is 4.98 Å². The number of rotatable bonds is 5. The third-order valence-electron chi connectivity index (χ3n) is 4.02. The SMILES string of the molecule is CCCc1nc(C2CCCCC2)sc1CNC(C)(C)C. The molecule has 0 amide bonds. The molecule has 20 heavy (non-hydrogen) atoms. The molecule has 2 nitrogen and oxygen atoms in total. The summed E-state index contributed by atoms with van der Waals surface area (Å²) < 4.78 is 0. The minimum Gasteiger partial charge on any atom is -0.307 e. The summed E-state index contributed by atoms with van der Waals surface area (Å²) in [5, 5.41) is 5.04. The summed E-state index contributed by atoms with van der Waals surface area (Å²) in [5.41, 5.74) is 1.54. The fourth-order valence-electron chi connectivity index (χ4n) is 2.84. The van der Waals surface area contributed by atoms with Gasteiger partial charge in [0.2, 0.25) is 0 Å². The molecule has 114 valence electrons. The van der Waals surface area contributed by atoms with Gasteiger partial charge in [-0.05, 0) is 40.0 Å². The maximum absolute atomic E-state index is 5.00. The minimum absolute atomic E-state index is 0.179. The van der Waals surface area contributed by atoms with Gasteiger partial charge in [-0.15, -0.1) is 11.3 Å². The van der Waals surface area contributed by atoms with Crippen molar-refractivity contribution in [3.05, 3.63) is 15.6 Å². The average molecular weight is 295 g/mol. The summed E-state index contributed by atoms with van der Waals surface area (Å²) >= 11 is 1.97. The standard InChI is InChI=1S/C17H30N2S/c1-5-9-14-15(12-18-17(2,3)4)20-16(19-14)13-10-7-6-8-11-13/h13,18H,5-12H2,1-4H3. The molecular formula is C17H30N2S. The fourth-order valence-corrected chi connectivity index (χ4v) is 4.06. The lowest BCUT2D eigenvalue weighted by molar-refractivity contribution is 0.425. The number of hydrogen-bond acceptors (Lipinski definition) is 3. The van der Waals surface area contributed by atoms with Crippen molar-refractivity contribution in [1.29, 1.82) is 0 Å². The molecule has 0 saturated heterocycles. The van der Waals surface area contributed by atoms with E-state index >= 15 is 0 Å². The molecule has 1 heterocycles. The van der Waals surface area contributed by atoms with Crippen molar-refractivity contribution in [2.75, 3.05) is 0 Å². The maximum atomic E-state index is 5.00. The Morgan fingerprint density at radius 3 is 2.50 bits per heavy atom. The van der Waals surface area contributed by atoms with E-state index in [1.807, 2.05) is 11.3 Å². The Bertz CT molecular complexity index is 411. The zero-order valence-electron chi connectivity index (χ0n) is 13.6. The van der Waals surface area contributed by atoms with Crippen LogP contribution in [0.1, 0.15) is 87.7 Å². The van der Waals surface area contributed by atoms with E-state index in [1.54, 1.807) is 0 Å². The van der Waals surface area contributed by atoms with Gasteiger partial charge in [0, 0.05) is 22.9 Å². The smallest absolute Gasteiger partial charge is 0.0962 e. The van der Waals surface area contributed by atoms with Gasteiger partial charge in [0.05, 0.1) is 10.7 Å². The second kappa shape index (κ2) is 7.04. The van der Waals surface area contributed by atoms with E-state index in [4.69, 9.17) is 4.98 Å². The topological polar surface area (TPSA) is 24.9 Å². The quantitative estimate of drug-likeness (QED) is 0.823. The van der Waals surface area contributed by atoms with E-state index in [1.165, 1.54) is 54.1 Å². The maximum Gasteiger partial charge on any atom is 0.0962 e. The number of nitrogens with one attached hydrogen (secondary N) is 1. The van der Waals surface area contributed by atoms with Crippen LogP contribution in [-0.4, -0.2) is 10.5 Å². The van der Waals surface area contributed by atoms with Crippen LogP contribution in [0.5, 0.6) is 0 Å². The largest absolute Gasteiger partial charge is 0.307 e. The average Bonchev–Trinajstić information content (AvgIpc) is 2.80. The van der Waals surface area contributed by atoms with Crippen LogP contribution in [0.2, 0.25) is 0 Å². The summed E-state index contributed by atoms with van der Waals surface area (Å²) in [6.07, 6.45) is 9.23. The van der Waals surface area contributed by atoms with Crippen LogP contribution in [0.4, 0.5) is 0 Å². The Kier molecular flexibility index (Phi) is 5.62. The molecule has 1 aliphatic rings. The lowest BCUT2D eigenvalue weighted by Crippen LogP contribution is -2.35. The van der Waals surface area contributed by atoms with E-state index in [2.05, 4.69) is 33.0 Å². The zero-order valence-corrected chi connectivity index (χ0v) is 14.4. The van der Waals surface area contributed by atoms with Gasteiger partial charge in [-0.3, -0.25) is 0 Å². The van der Waals surface area contributed by atoms with Crippen molar-refractivity contribution in [1.82, 2.24) is 10.3 Å². The van der Waals surface area contributed by atoms with E-state index in [-0.39, 0.29) is 5.54 Å². The first-order valence-electron chi connectivity index (χ1n) is 8.23. The molecule has 1 saturated carbocycles. The van der Waals surface area contributed by atoms with Crippen molar-refractivity contribution >= 4 is 11.3 Å². The van der Waals surface area contributed by atoms with E-state index in [0.29, 0.717) is 0 Å². The molecule has 0 bridgehead atoms. The molecule has 0 aliphatic heterocycles. The van der Waals surface area contributed by atoms with Crippen LogP contribution in [0.3, 0.4) is 0 Å². The zero-order chi connectivity index (χ0) is 14.6.